The van der Waals surface area contributed by atoms with Crippen molar-refractivity contribution in [2.24, 2.45) is 0 Å². The second-order valence-corrected chi connectivity index (χ2v) is 4.54. The van der Waals surface area contributed by atoms with Crippen LogP contribution in [0.25, 0.3) is 0 Å². The summed E-state index contributed by atoms with van der Waals surface area (Å²) in [4.78, 5) is 27.0. The number of nitrogens with zero attached hydrogens (tertiary/aromatic N) is 2. The first-order valence-electron chi connectivity index (χ1n) is 6.89. The lowest BCUT2D eigenvalue weighted by molar-refractivity contribution is -0.138. The average Bonchev–Trinajstić information content (AvgIpc) is 2.47. The molecule has 1 aromatic carbocycles. The van der Waals surface area contributed by atoms with Gasteiger partial charge >= 0.3 is 0 Å². The predicted octanol–water partition coefficient (Wildman–Crippen LogP) is 1.43. The second-order valence-electron chi connectivity index (χ2n) is 4.54. The molecule has 0 heterocycles. The molecule has 0 radical (unpaired) electrons. The number of hydrogen-bond acceptors (Lipinski definition) is 3. The molecule has 0 aliphatic carbocycles. The van der Waals surface area contributed by atoms with E-state index in [9.17, 15) is 9.59 Å². The minimum Gasteiger partial charge on any atom is -0.376 e. The Labute approximate surface area is 120 Å². The molecule has 0 fully saturated rings. The monoisotopic (exact) mass is 277 g/mol. The van der Waals surface area contributed by atoms with E-state index in [1.165, 1.54) is 4.90 Å². The lowest BCUT2D eigenvalue weighted by Gasteiger charge is -2.23. The maximum atomic E-state index is 11.9. The van der Waals surface area contributed by atoms with Crippen molar-refractivity contribution < 1.29 is 9.59 Å². The van der Waals surface area contributed by atoms with Gasteiger partial charge in [-0.1, -0.05) is 18.2 Å². The van der Waals surface area contributed by atoms with Gasteiger partial charge in [-0.25, -0.2) is 0 Å². The van der Waals surface area contributed by atoms with E-state index < -0.39 is 0 Å². The van der Waals surface area contributed by atoms with E-state index >= 15 is 0 Å². The fourth-order valence-electron chi connectivity index (χ4n) is 1.84. The summed E-state index contributed by atoms with van der Waals surface area (Å²) in [5.41, 5.74) is 0.893. The molecule has 0 aliphatic heterocycles. The predicted molar refractivity (Wildman–Crippen MR) is 80.5 cm³/mol. The van der Waals surface area contributed by atoms with Crippen molar-refractivity contribution in [2.45, 2.75) is 13.8 Å². The van der Waals surface area contributed by atoms with E-state index in [1.54, 1.807) is 11.9 Å². The molecular formula is C15H23N3O2. The number of anilines is 1. The van der Waals surface area contributed by atoms with Gasteiger partial charge in [0.2, 0.25) is 11.8 Å². The normalized spacial score (nSPS) is 9.95. The standard InChI is InChI=1S/C15H23N3O2/c1-4-18(5-2)15(20)12-17(3)14(19)11-16-13-9-7-6-8-10-13/h6-10,16H,4-5,11-12H2,1-3H3. The summed E-state index contributed by atoms with van der Waals surface area (Å²) < 4.78 is 0. The first-order chi connectivity index (χ1) is 9.58. The van der Waals surface area contributed by atoms with Gasteiger partial charge in [0.1, 0.15) is 0 Å². The van der Waals surface area contributed by atoms with Crippen LogP contribution in [-0.2, 0) is 9.59 Å². The highest BCUT2D eigenvalue weighted by molar-refractivity contribution is 5.86. The summed E-state index contributed by atoms with van der Waals surface area (Å²) >= 11 is 0. The Morgan fingerprint density at radius 1 is 1.05 bits per heavy atom. The topological polar surface area (TPSA) is 52.7 Å². The number of amides is 2. The van der Waals surface area contributed by atoms with Crippen LogP contribution in [0.3, 0.4) is 0 Å². The summed E-state index contributed by atoms with van der Waals surface area (Å²) in [5.74, 6) is -0.125. The zero-order chi connectivity index (χ0) is 15.0. The largest absolute Gasteiger partial charge is 0.376 e. The SMILES string of the molecule is CCN(CC)C(=O)CN(C)C(=O)CNc1ccccc1. The quantitative estimate of drug-likeness (QED) is 0.820. The van der Waals surface area contributed by atoms with Crippen LogP contribution in [0.5, 0.6) is 0 Å². The molecule has 0 saturated heterocycles. The molecule has 1 aromatic rings. The molecule has 0 aromatic heterocycles. The molecule has 0 saturated carbocycles. The van der Waals surface area contributed by atoms with Crippen LogP contribution < -0.4 is 5.32 Å². The summed E-state index contributed by atoms with van der Waals surface area (Å²) in [7, 11) is 1.65. The molecule has 20 heavy (non-hydrogen) atoms. The summed E-state index contributed by atoms with van der Waals surface area (Å²) in [6.45, 7) is 5.50. The molecule has 110 valence electrons. The maximum absolute atomic E-state index is 11.9. The number of carbonyl (C=O) groups is 2. The minimum atomic E-state index is -0.102. The third-order valence-electron chi connectivity index (χ3n) is 3.13. The minimum absolute atomic E-state index is 0.0226. The zero-order valence-electron chi connectivity index (χ0n) is 12.4. The molecule has 1 N–H and O–H groups in total. The Balaban J connectivity index is 2.41. The third-order valence-corrected chi connectivity index (χ3v) is 3.13. The fourth-order valence-corrected chi connectivity index (χ4v) is 1.84. The van der Waals surface area contributed by atoms with E-state index in [4.69, 9.17) is 0 Å². The van der Waals surface area contributed by atoms with Crippen LogP contribution in [0, 0.1) is 0 Å². The smallest absolute Gasteiger partial charge is 0.242 e. The number of para-hydroxylation sites is 1. The van der Waals surface area contributed by atoms with Gasteiger partial charge in [0.15, 0.2) is 0 Å². The van der Waals surface area contributed by atoms with Crippen molar-refractivity contribution in [2.75, 3.05) is 38.5 Å². The van der Waals surface area contributed by atoms with Crippen molar-refractivity contribution in [3.63, 3.8) is 0 Å². The molecule has 1 rings (SSSR count). The van der Waals surface area contributed by atoms with E-state index in [0.717, 1.165) is 5.69 Å². The second kappa shape index (κ2) is 8.19. The van der Waals surface area contributed by atoms with Gasteiger partial charge in [-0.2, -0.15) is 0 Å². The summed E-state index contributed by atoms with van der Waals surface area (Å²) in [5, 5.41) is 3.04. The van der Waals surface area contributed by atoms with Crippen molar-refractivity contribution in [3.8, 4) is 0 Å². The van der Waals surface area contributed by atoms with E-state index in [-0.39, 0.29) is 24.9 Å². The molecule has 2 amide bonds. The summed E-state index contributed by atoms with van der Waals surface area (Å²) in [6.07, 6.45) is 0. The maximum Gasteiger partial charge on any atom is 0.242 e. The van der Waals surface area contributed by atoms with Gasteiger partial charge in [-0.15, -0.1) is 0 Å². The molecule has 5 nitrogen and oxygen atoms in total. The molecule has 5 heteroatoms. The Morgan fingerprint density at radius 2 is 1.65 bits per heavy atom. The molecule has 0 bridgehead atoms. The van der Waals surface area contributed by atoms with Crippen LogP contribution >= 0.6 is 0 Å². The van der Waals surface area contributed by atoms with E-state index in [0.29, 0.717) is 13.1 Å². The van der Waals surface area contributed by atoms with Crippen LogP contribution in [0.15, 0.2) is 30.3 Å². The highest BCUT2D eigenvalue weighted by Gasteiger charge is 2.16. The van der Waals surface area contributed by atoms with Crippen molar-refractivity contribution in [1.29, 1.82) is 0 Å². The number of likely N-dealkylation sites (N-methyl/N-ethyl adjacent to an activating group) is 2. The van der Waals surface area contributed by atoms with Gasteiger partial charge in [-0.3, -0.25) is 9.59 Å². The first kappa shape index (κ1) is 16.0. The Hall–Kier alpha value is -2.04. The van der Waals surface area contributed by atoms with Crippen molar-refractivity contribution in [3.05, 3.63) is 30.3 Å². The van der Waals surface area contributed by atoms with Crippen LogP contribution in [0.1, 0.15) is 13.8 Å². The third kappa shape index (κ3) is 4.91. The molecule has 0 unspecified atom stereocenters. The lowest BCUT2D eigenvalue weighted by atomic mass is 10.3. The van der Waals surface area contributed by atoms with Crippen LogP contribution in [-0.4, -0.2) is 54.8 Å². The number of nitrogens with one attached hydrogen (secondary N) is 1. The number of carbonyl (C=O) groups excluding carboxylic acids is 2. The Morgan fingerprint density at radius 3 is 2.20 bits per heavy atom. The fraction of sp³-hybridized carbons (Fsp3) is 0.467. The van der Waals surface area contributed by atoms with Crippen LogP contribution in [0.2, 0.25) is 0 Å². The Kier molecular flexibility index (Phi) is 6.56. The highest BCUT2D eigenvalue weighted by Crippen LogP contribution is 2.04. The van der Waals surface area contributed by atoms with Gasteiger partial charge in [0.05, 0.1) is 13.1 Å². The molecule has 0 spiro atoms. The van der Waals surface area contributed by atoms with Gasteiger partial charge in [0.25, 0.3) is 0 Å². The number of hydrogen-bond donors (Lipinski definition) is 1. The van der Waals surface area contributed by atoms with Gasteiger partial charge in [-0.05, 0) is 26.0 Å². The number of rotatable bonds is 7. The average molecular weight is 277 g/mol. The van der Waals surface area contributed by atoms with E-state index in [1.807, 2.05) is 44.2 Å². The van der Waals surface area contributed by atoms with E-state index in [2.05, 4.69) is 5.32 Å². The first-order valence-corrected chi connectivity index (χ1v) is 6.89. The number of benzene rings is 1. The zero-order valence-corrected chi connectivity index (χ0v) is 12.4. The van der Waals surface area contributed by atoms with Crippen molar-refractivity contribution in [1.82, 2.24) is 9.80 Å². The van der Waals surface area contributed by atoms with Gasteiger partial charge < -0.3 is 15.1 Å². The highest BCUT2D eigenvalue weighted by atomic mass is 16.2. The molecular weight excluding hydrogens is 254 g/mol. The Bertz CT molecular complexity index is 430. The van der Waals surface area contributed by atoms with Crippen molar-refractivity contribution >= 4 is 17.5 Å². The van der Waals surface area contributed by atoms with Gasteiger partial charge in [0, 0.05) is 25.8 Å². The molecule has 0 aliphatic rings. The lowest BCUT2D eigenvalue weighted by Crippen LogP contribution is -2.42. The molecule has 0 atom stereocenters. The summed E-state index contributed by atoms with van der Waals surface area (Å²) in [6, 6.07) is 9.52. The van der Waals surface area contributed by atoms with Crippen LogP contribution in [0.4, 0.5) is 5.69 Å².